The van der Waals surface area contributed by atoms with Gasteiger partial charge in [-0.1, -0.05) is 185 Å². The molecule has 0 heterocycles. The van der Waals surface area contributed by atoms with Crippen LogP contribution < -0.4 is 0 Å². The third-order valence-electron chi connectivity index (χ3n) is 12.6. The molecule has 0 aliphatic heterocycles. The summed E-state index contributed by atoms with van der Waals surface area (Å²) in [5.74, 6) is 0.470. The fourth-order valence-electron chi connectivity index (χ4n) is 9.58. The first-order chi connectivity index (χ1) is 27.2. The summed E-state index contributed by atoms with van der Waals surface area (Å²) in [6.45, 7) is 11.7. The molecule has 1 aliphatic carbocycles. The van der Waals surface area contributed by atoms with Crippen molar-refractivity contribution in [1.82, 2.24) is 0 Å². The predicted octanol–water partition coefficient (Wildman–Crippen LogP) is 15.4. The smallest absolute Gasteiger partial charge is 0.0340 e. The topological polar surface area (TPSA) is 0 Å². The van der Waals surface area contributed by atoms with Gasteiger partial charge >= 0.3 is 0 Å². The monoisotopic (exact) mass is 718 g/mol. The van der Waals surface area contributed by atoms with Gasteiger partial charge in [0.25, 0.3) is 0 Å². The molecule has 1 unspecified atom stereocenters. The molecule has 1 aliphatic rings. The van der Waals surface area contributed by atoms with Crippen LogP contribution in [0.4, 0.5) is 0 Å². The molecule has 0 saturated carbocycles. The van der Waals surface area contributed by atoms with Crippen LogP contribution in [0.3, 0.4) is 0 Å². The fraction of sp³-hybridized carbons (Fsp3) is 0.143. The van der Waals surface area contributed by atoms with Gasteiger partial charge in [0.1, 0.15) is 0 Å². The Labute approximate surface area is 331 Å². The molecule has 1 atom stereocenters. The molecule has 9 aromatic rings. The zero-order valence-electron chi connectivity index (χ0n) is 32.9. The van der Waals surface area contributed by atoms with Crippen molar-refractivity contribution >= 4 is 32.3 Å². The van der Waals surface area contributed by atoms with E-state index < -0.39 is 0 Å². The van der Waals surface area contributed by atoms with Gasteiger partial charge in [0.2, 0.25) is 0 Å². The Balaban J connectivity index is 1.12. The highest BCUT2D eigenvalue weighted by molar-refractivity contribution is 6.06. The minimum atomic E-state index is -0.176. The molecule has 0 heteroatoms. The number of hydrogen-bond donors (Lipinski definition) is 0. The molecule has 9 aromatic carbocycles. The van der Waals surface area contributed by atoms with Gasteiger partial charge in [0, 0.05) is 11.3 Å². The van der Waals surface area contributed by atoms with Crippen molar-refractivity contribution in [3.63, 3.8) is 0 Å². The Bertz CT molecular complexity index is 2960. The Morgan fingerprint density at radius 3 is 1.68 bits per heavy atom. The molecule has 0 aromatic heterocycles. The lowest BCUT2D eigenvalue weighted by molar-refractivity contribution is 0.658. The largest absolute Gasteiger partial charge is 0.0622 e. The summed E-state index contributed by atoms with van der Waals surface area (Å²) in [5, 5.41) is 7.72. The third kappa shape index (κ3) is 5.58. The van der Waals surface area contributed by atoms with E-state index in [1.807, 2.05) is 0 Å². The van der Waals surface area contributed by atoms with Crippen LogP contribution in [0.15, 0.2) is 176 Å². The Kier molecular flexibility index (Phi) is 8.08. The summed E-state index contributed by atoms with van der Waals surface area (Å²) in [6, 6.07) is 66.5. The maximum absolute atomic E-state index is 2.54. The summed E-state index contributed by atoms with van der Waals surface area (Å²) in [5.41, 5.74) is 17.2. The molecule has 0 amide bonds. The maximum Gasteiger partial charge on any atom is 0.0340 e. The molecule has 56 heavy (non-hydrogen) atoms. The minimum Gasteiger partial charge on any atom is -0.0622 e. The van der Waals surface area contributed by atoms with Gasteiger partial charge in [-0.15, -0.1) is 0 Å². The van der Waals surface area contributed by atoms with Gasteiger partial charge < -0.3 is 0 Å². The lowest BCUT2D eigenvalue weighted by atomic mass is 9.77. The first kappa shape index (κ1) is 34.3. The number of benzene rings is 9. The molecule has 270 valence electrons. The van der Waals surface area contributed by atoms with Crippen molar-refractivity contribution < 1.29 is 0 Å². The van der Waals surface area contributed by atoms with Crippen LogP contribution in [0.5, 0.6) is 0 Å². The molecule has 10 rings (SSSR count). The molecular formula is C56H46. The van der Waals surface area contributed by atoms with Crippen LogP contribution >= 0.6 is 0 Å². The van der Waals surface area contributed by atoms with E-state index in [2.05, 4.69) is 211 Å². The van der Waals surface area contributed by atoms with Crippen LogP contribution in [0.1, 0.15) is 78.5 Å². The first-order valence-electron chi connectivity index (χ1n) is 20.1. The third-order valence-corrected chi connectivity index (χ3v) is 12.6. The van der Waals surface area contributed by atoms with E-state index in [4.69, 9.17) is 0 Å². The Morgan fingerprint density at radius 2 is 0.946 bits per heavy atom. The quantitative estimate of drug-likeness (QED) is 0.119. The lowest BCUT2D eigenvalue weighted by Gasteiger charge is -2.26. The zero-order chi connectivity index (χ0) is 38.1. The second-order valence-electron chi connectivity index (χ2n) is 16.8. The van der Waals surface area contributed by atoms with Crippen molar-refractivity contribution in [2.75, 3.05) is 0 Å². The van der Waals surface area contributed by atoms with Gasteiger partial charge in [0.15, 0.2) is 0 Å². The van der Waals surface area contributed by atoms with Gasteiger partial charge in [-0.25, -0.2) is 0 Å². The number of hydrogen-bond acceptors (Lipinski definition) is 0. The standard InChI is InChI=1S/C56H46/c1-35(2)50-33-52-49-26-25-43(55(38-21-19-36(3)20-22-38)42-24-23-41-29-39-15-9-10-16-40(39)30-44(41)31-42)32-53(49)56(4,5)54(52)34-51(50)48-28-27-45(37-13-7-6-8-14-37)46-17-11-12-18-47(46)48/h6-35,55H,1-5H3. The van der Waals surface area contributed by atoms with Crippen molar-refractivity contribution in [3.8, 4) is 33.4 Å². The highest BCUT2D eigenvalue weighted by atomic mass is 14.4. The minimum absolute atomic E-state index is 0.104. The predicted molar refractivity (Wildman–Crippen MR) is 240 cm³/mol. The average Bonchev–Trinajstić information content (AvgIpc) is 3.44. The second-order valence-corrected chi connectivity index (χ2v) is 16.8. The molecule has 0 N–H and O–H groups in total. The number of rotatable bonds is 6. The van der Waals surface area contributed by atoms with Gasteiger partial charge in [-0.3, -0.25) is 0 Å². The van der Waals surface area contributed by atoms with E-state index >= 15 is 0 Å². The van der Waals surface area contributed by atoms with E-state index in [1.165, 1.54) is 105 Å². The van der Waals surface area contributed by atoms with E-state index in [9.17, 15) is 0 Å². The fourth-order valence-corrected chi connectivity index (χ4v) is 9.58. The van der Waals surface area contributed by atoms with E-state index in [1.54, 1.807) is 0 Å². The van der Waals surface area contributed by atoms with Crippen LogP contribution in [-0.2, 0) is 5.41 Å². The van der Waals surface area contributed by atoms with Gasteiger partial charge in [-0.05, 0) is 136 Å². The number of fused-ring (bicyclic) bond motifs is 6. The SMILES string of the molecule is Cc1ccc(C(c2ccc3c(c2)C(C)(C)c2cc(-c4ccc(-c5ccccc5)c5ccccc45)c(C(C)C)cc2-3)c2ccc3cc4ccccc4cc3c2)cc1. The van der Waals surface area contributed by atoms with Crippen LogP contribution in [0.25, 0.3) is 65.7 Å². The van der Waals surface area contributed by atoms with Gasteiger partial charge in [0.05, 0.1) is 0 Å². The van der Waals surface area contributed by atoms with Crippen LogP contribution in [0, 0.1) is 6.92 Å². The molecule has 0 nitrogen and oxygen atoms in total. The number of aryl methyl sites for hydroxylation is 1. The van der Waals surface area contributed by atoms with E-state index in [-0.39, 0.29) is 11.3 Å². The van der Waals surface area contributed by atoms with Gasteiger partial charge in [-0.2, -0.15) is 0 Å². The summed E-state index contributed by atoms with van der Waals surface area (Å²) in [6.07, 6.45) is 0. The normalized spacial score (nSPS) is 13.7. The van der Waals surface area contributed by atoms with Crippen molar-refractivity contribution in [2.45, 2.75) is 51.9 Å². The highest BCUT2D eigenvalue weighted by Gasteiger charge is 2.37. The molecule has 0 fully saturated rings. The summed E-state index contributed by atoms with van der Waals surface area (Å²) in [4.78, 5) is 0. The maximum atomic E-state index is 2.54. The molecule has 0 radical (unpaired) electrons. The average molecular weight is 719 g/mol. The molecule has 0 bridgehead atoms. The Morgan fingerprint density at radius 1 is 0.393 bits per heavy atom. The van der Waals surface area contributed by atoms with Crippen molar-refractivity contribution in [3.05, 3.63) is 215 Å². The molecule has 0 spiro atoms. The lowest BCUT2D eigenvalue weighted by Crippen LogP contribution is -2.16. The summed E-state index contributed by atoms with van der Waals surface area (Å²) < 4.78 is 0. The highest BCUT2D eigenvalue weighted by Crippen LogP contribution is 2.53. The van der Waals surface area contributed by atoms with Crippen molar-refractivity contribution in [1.29, 1.82) is 0 Å². The molecular weight excluding hydrogens is 673 g/mol. The van der Waals surface area contributed by atoms with Crippen LogP contribution in [-0.4, -0.2) is 0 Å². The zero-order valence-corrected chi connectivity index (χ0v) is 32.9. The van der Waals surface area contributed by atoms with Crippen molar-refractivity contribution in [2.24, 2.45) is 0 Å². The van der Waals surface area contributed by atoms with E-state index in [0.29, 0.717) is 5.92 Å². The summed E-state index contributed by atoms with van der Waals surface area (Å²) >= 11 is 0. The van der Waals surface area contributed by atoms with E-state index in [0.717, 1.165) is 0 Å². The molecule has 0 saturated heterocycles. The Hall–Kier alpha value is -6.24. The van der Waals surface area contributed by atoms with Crippen LogP contribution in [0.2, 0.25) is 0 Å². The first-order valence-corrected chi connectivity index (χ1v) is 20.1. The summed E-state index contributed by atoms with van der Waals surface area (Å²) in [7, 11) is 0. The second kappa shape index (κ2) is 13.2.